The molecule has 0 spiro atoms. The van der Waals surface area contributed by atoms with Gasteiger partial charge in [-0.1, -0.05) is 0 Å². The summed E-state index contributed by atoms with van der Waals surface area (Å²) in [4.78, 5) is 2.21. The molecule has 0 aromatic heterocycles. The summed E-state index contributed by atoms with van der Waals surface area (Å²) in [5.74, 6) is 1.57. The van der Waals surface area contributed by atoms with E-state index in [1.54, 1.807) is 0 Å². The van der Waals surface area contributed by atoms with Crippen LogP contribution in [0.5, 0.6) is 11.5 Å². The third-order valence-electron chi connectivity index (χ3n) is 3.37. The lowest BCUT2D eigenvalue weighted by Crippen LogP contribution is -2.45. The zero-order valence-corrected chi connectivity index (χ0v) is 12.8. The van der Waals surface area contributed by atoms with Crippen molar-refractivity contribution in [3.63, 3.8) is 0 Å². The Balaban J connectivity index is 1.71. The molecule has 2 unspecified atom stereocenters. The van der Waals surface area contributed by atoms with Crippen LogP contribution in [0, 0.1) is 0 Å². The third-order valence-corrected chi connectivity index (χ3v) is 3.37. The maximum Gasteiger partial charge on any atom is 0.119 e. The van der Waals surface area contributed by atoms with Crippen LogP contribution >= 0.6 is 0 Å². The number of ether oxygens (including phenoxy) is 3. The van der Waals surface area contributed by atoms with Gasteiger partial charge in [-0.25, -0.2) is 0 Å². The predicted molar refractivity (Wildman–Crippen MR) is 81.0 cm³/mol. The summed E-state index contributed by atoms with van der Waals surface area (Å²) in [6, 6.07) is 7.45. The number of aliphatic hydroxyl groups excluding tert-OH is 1. The van der Waals surface area contributed by atoms with E-state index in [0.717, 1.165) is 31.2 Å². The fourth-order valence-corrected chi connectivity index (χ4v) is 2.40. The Morgan fingerprint density at radius 2 is 1.95 bits per heavy atom. The van der Waals surface area contributed by atoms with E-state index in [0.29, 0.717) is 19.8 Å². The average molecular weight is 295 g/mol. The molecule has 2 rings (SSSR count). The molecule has 0 aliphatic carbocycles. The number of benzene rings is 1. The summed E-state index contributed by atoms with van der Waals surface area (Å²) in [6.45, 7) is 8.02. The zero-order valence-electron chi connectivity index (χ0n) is 12.8. The number of hydrogen-bond donors (Lipinski definition) is 1. The van der Waals surface area contributed by atoms with E-state index in [2.05, 4.69) is 11.8 Å². The van der Waals surface area contributed by atoms with Crippen molar-refractivity contribution in [3.8, 4) is 11.5 Å². The van der Waals surface area contributed by atoms with Crippen molar-refractivity contribution in [3.05, 3.63) is 24.3 Å². The van der Waals surface area contributed by atoms with Crippen LogP contribution in [0.25, 0.3) is 0 Å². The number of β-amino-alcohol motifs (C(OH)–C–C–N with tert-alkyl or cyclic N) is 1. The number of nitrogens with zero attached hydrogens (tertiary/aromatic N) is 1. The average Bonchev–Trinajstić information content (AvgIpc) is 2.47. The molecular weight excluding hydrogens is 270 g/mol. The third kappa shape index (κ3) is 5.53. The molecule has 0 bridgehead atoms. The lowest BCUT2D eigenvalue weighted by Gasteiger charge is -2.32. The van der Waals surface area contributed by atoms with E-state index in [4.69, 9.17) is 14.2 Å². The Kier molecular flexibility index (Phi) is 6.29. The normalized spacial score (nSPS) is 21.0. The van der Waals surface area contributed by atoms with Crippen LogP contribution in [-0.2, 0) is 4.74 Å². The molecule has 21 heavy (non-hydrogen) atoms. The van der Waals surface area contributed by atoms with Crippen LogP contribution < -0.4 is 9.47 Å². The van der Waals surface area contributed by atoms with Crippen LogP contribution in [0.4, 0.5) is 0 Å². The van der Waals surface area contributed by atoms with Gasteiger partial charge in [-0.05, 0) is 38.1 Å². The second kappa shape index (κ2) is 8.22. The van der Waals surface area contributed by atoms with Gasteiger partial charge in [-0.2, -0.15) is 0 Å². The second-order valence-electron chi connectivity index (χ2n) is 5.31. The Hall–Kier alpha value is -1.30. The van der Waals surface area contributed by atoms with Crippen molar-refractivity contribution in [1.82, 2.24) is 4.90 Å². The van der Waals surface area contributed by atoms with Gasteiger partial charge in [-0.15, -0.1) is 0 Å². The first-order chi connectivity index (χ1) is 10.2. The maximum absolute atomic E-state index is 10.1. The van der Waals surface area contributed by atoms with Crippen LogP contribution in [0.2, 0.25) is 0 Å². The molecule has 1 aliphatic heterocycles. The monoisotopic (exact) mass is 295 g/mol. The molecule has 0 radical (unpaired) electrons. The van der Waals surface area contributed by atoms with Crippen molar-refractivity contribution >= 4 is 0 Å². The summed E-state index contributed by atoms with van der Waals surface area (Å²) in [5, 5.41) is 10.1. The van der Waals surface area contributed by atoms with Crippen LogP contribution in [0.3, 0.4) is 0 Å². The molecule has 1 N–H and O–H groups in total. The lowest BCUT2D eigenvalue weighted by atomic mass is 10.2. The molecule has 5 heteroatoms. The Labute approximate surface area is 126 Å². The smallest absolute Gasteiger partial charge is 0.119 e. The molecular formula is C16H25NO4. The molecule has 118 valence electrons. The maximum atomic E-state index is 10.1. The molecule has 1 aromatic rings. The van der Waals surface area contributed by atoms with E-state index < -0.39 is 6.10 Å². The lowest BCUT2D eigenvalue weighted by molar-refractivity contribution is -0.0361. The molecule has 0 saturated carbocycles. The Bertz CT molecular complexity index is 409. The standard InChI is InChI=1S/C16H25NO4/c1-3-19-15-4-6-16(7-5-15)21-12-14(18)11-17-8-9-20-13(2)10-17/h4-7,13-14,18H,3,8-12H2,1-2H3. The SMILES string of the molecule is CCOc1ccc(OCC(O)CN2CCOC(C)C2)cc1. The first-order valence-corrected chi connectivity index (χ1v) is 7.55. The summed E-state index contributed by atoms with van der Waals surface area (Å²) in [7, 11) is 0. The summed E-state index contributed by atoms with van der Waals surface area (Å²) in [5.41, 5.74) is 0. The first-order valence-electron chi connectivity index (χ1n) is 7.55. The summed E-state index contributed by atoms with van der Waals surface area (Å²) in [6.07, 6.45) is -0.264. The minimum atomic E-state index is -0.498. The van der Waals surface area contributed by atoms with Gasteiger partial charge in [0.15, 0.2) is 0 Å². The minimum Gasteiger partial charge on any atom is -0.494 e. The molecule has 1 heterocycles. The van der Waals surface area contributed by atoms with Crippen molar-refractivity contribution in [2.75, 3.05) is 39.5 Å². The van der Waals surface area contributed by atoms with E-state index in [-0.39, 0.29) is 6.10 Å². The largest absolute Gasteiger partial charge is 0.494 e. The summed E-state index contributed by atoms with van der Waals surface area (Å²) >= 11 is 0. The predicted octanol–water partition coefficient (Wildman–Crippen LogP) is 1.55. The van der Waals surface area contributed by atoms with Gasteiger partial charge in [-0.3, -0.25) is 4.90 Å². The highest BCUT2D eigenvalue weighted by atomic mass is 16.5. The zero-order chi connectivity index (χ0) is 15.1. The number of hydrogen-bond acceptors (Lipinski definition) is 5. The topological polar surface area (TPSA) is 51.2 Å². The molecule has 0 amide bonds. The van der Waals surface area contributed by atoms with Crippen molar-refractivity contribution in [2.45, 2.75) is 26.1 Å². The molecule has 5 nitrogen and oxygen atoms in total. The Morgan fingerprint density at radius 3 is 2.57 bits per heavy atom. The first kappa shape index (κ1) is 16.1. The molecule has 2 atom stereocenters. The van der Waals surface area contributed by atoms with E-state index in [1.807, 2.05) is 31.2 Å². The quantitative estimate of drug-likeness (QED) is 0.827. The molecule has 1 aliphatic rings. The highest BCUT2D eigenvalue weighted by Gasteiger charge is 2.19. The van der Waals surface area contributed by atoms with E-state index >= 15 is 0 Å². The van der Waals surface area contributed by atoms with Gasteiger partial charge in [0, 0.05) is 19.6 Å². The van der Waals surface area contributed by atoms with Gasteiger partial charge >= 0.3 is 0 Å². The number of rotatable bonds is 7. The number of aliphatic hydroxyl groups is 1. The Morgan fingerprint density at radius 1 is 1.29 bits per heavy atom. The van der Waals surface area contributed by atoms with Crippen molar-refractivity contribution in [1.29, 1.82) is 0 Å². The highest BCUT2D eigenvalue weighted by molar-refractivity contribution is 5.31. The van der Waals surface area contributed by atoms with Gasteiger partial charge in [0.1, 0.15) is 24.2 Å². The molecule has 1 saturated heterocycles. The van der Waals surface area contributed by atoms with E-state index in [1.165, 1.54) is 0 Å². The molecule has 1 fully saturated rings. The highest BCUT2D eigenvalue weighted by Crippen LogP contribution is 2.17. The van der Waals surface area contributed by atoms with Crippen molar-refractivity contribution in [2.24, 2.45) is 0 Å². The van der Waals surface area contributed by atoms with Crippen molar-refractivity contribution < 1.29 is 19.3 Å². The van der Waals surface area contributed by atoms with Gasteiger partial charge in [0.25, 0.3) is 0 Å². The van der Waals surface area contributed by atoms with Gasteiger partial charge < -0.3 is 19.3 Å². The van der Waals surface area contributed by atoms with Gasteiger partial charge in [0.05, 0.1) is 19.3 Å². The summed E-state index contributed by atoms with van der Waals surface area (Å²) < 4.78 is 16.5. The fourth-order valence-electron chi connectivity index (χ4n) is 2.40. The number of morpholine rings is 1. The molecule has 1 aromatic carbocycles. The fraction of sp³-hybridized carbons (Fsp3) is 0.625. The van der Waals surface area contributed by atoms with Crippen LogP contribution in [0.1, 0.15) is 13.8 Å². The van der Waals surface area contributed by atoms with E-state index in [9.17, 15) is 5.11 Å². The van der Waals surface area contributed by atoms with Gasteiger partial charge in [0.2, 0.25) is 0 Å². The van der Waals surface area contributed by atoms with Crippen LogP contribution in [-0.4, -0.2) is 61.7 Å². The minimum absolute atomic E-state index is 0.234. The van der Waals surface area contributed by atoms with Crippen LogP contribution in [0.15, 0.2) is 24.3 Å². The second-order valence-corrected chi connectivity index (χ2v) is 5.31.